The largest absolute Gasteiger partial charge is 0.398 e. The van der Waals surface area contributed by atoms with Crippen molar-refractivity contribution < 1.29 is 4.39 Å². The molecule has 0 aliphatic carbocycles. The van der Waals surface area contributed by atoms with Crippen molar-refractivity contribution in [3.8, 4) is 0 Å². The van der Waals surface area contributed by atoms with E-state index < -0.39 is 0 Å². The maximum Gasteiger partial charge on any atom is 0.252 e. The van der Waals surface area contributed by atoms with Gasteiger partial charge in [0.2, 0.25) is 0 Å². The molecule has 1 heterocycles. The van der Waals surface area contributed by atoms with Crippen LogP contribution in [0.2, 0.25) is 0 Å². The molecule has 3 nitrogen and oxygen atoms in total. The van der Waals surface area contributed by atoms with Gasteiger partial charge >= 0.3 is 0 Å². The molecule has 2 rings (SSSR count). The third-order valence-electron chi connectivity index (χ3n) is 2.24. The van der Waals surface area contributed by atoms with E-state index in [1.54, 1.807) is 13.1 Å². The molecule has 0 atom stereocenters. The molecule has 0 spiro atoms. The summed E-state index contributed by atoms with van der Waals surface area (Å²) in [5, 5.41) is 0.688. The highest BCUT2D eigenvalue weighted by atomic mass is 19.1. The third kappa shape index (κ3) is 1.16. The van der Waals surface area contributed by atoms with Crippen LogP contribution in [0.4, 0.5) is 10.1 Å². The first kappa shape index (κ1) is 8.74. The van der Waals surface area contributed by atoms with Crippen LogP contribution in [-0.4, -0.2) is 4.57 Å². The van der Waals surface area contributed by atoms with Crippen LogP contribution in [0.5, 0.6) is 0 Å². The van der Waals surface area contributed by atoms with E-state index in [1.807, 2.05) is 0 Å². The lowest BCUT2D eigenvalue weighted by molar-refractivity contribution is 0.628. The number of hydrogen-bond acceptors (Lipinski definition) is 2. The predicted molar refractivity (Wildman–Crippen MR) is 53.6 cm³/mol. The fourth-order valence-electron chi connectivity index (χ4n) is 1.45. The summed E-state index contributed by atoms with van der Waals surface area (Å²) in [6.07, 6.45) is 0. The number of aryl methyl sites for hydroxylation is 1. The van der Waals surface area contributed by atoms with Gasteiger partial charge in [-0.15, -0.1) is 0 Å². The summed E-state index contributed by atoms with van der Waals surface area (Å²) in [6.45, 7) is 0. The van der Waals surface area contributed by atoms with E-state index in [4.69, 9.17) is 5.73 Å². The van der Waals surface area contributed by atoms with Crippen LogP contribution < -0.4 is 11.3 Å². The molecule has 0 saturated heterocycles. The maximum atomic E-state index is 12.9. The quantitative estimate of drug-likeness (QED) is 0.683. The summed E-state index contributed by atoms with van der Waals surface area (Å²) in [5.74, 6) is -0.377. The topological polar surface area (TPSA) is 48.0 Å². The number of nitrogen functional groups attached to an aromatic ring is 1. The molecule has 0 fully saturated rings. The second-order valence-electron chi connectivity index (χ2n) is 3.16. The number of pyridine rings is 1. The summed E-state index contributed by atoms with van der Waals surface area (Å²) in [5.41, 5.74) is 6.29. The fraction of sp³-hybridized carbons (Fsp3) is 0.100. The molecule has 0 saturated carbocycles. The molecule has 2 aromatic rings. The highest BCUT2D eigenvalue weighted by Gasteiger charge is 2.04. The number of nitrogens with zero attached hydrogens (tertiary/aromatic N) is 1. The Kier molecular flexibility index (Phi) is 1.77. The first-order valence-electron chi connectivity index (χ1n) is 4.14. The molecule has 72 valence electrons. The van der Waals surface area contributed by atoms with Gasteiger partial charge in [0.05, 0.1) is 5.52 Å². The Morgan fingerprint density at radius 3 is 2.79 bits per heavy atom. The van der Waals surface area contributed by atoms with E-state index in [-0.39, 0.29) is 11.4 Å². The number of aromatic nitrogens is 1. The smallest absolute Gasteiger partial charge is 0.252 e. The van der Waals surface area contributed by atoms with Crippen LogP contribution in [0.3, 0.4) is 0 Å². The van der Waals surface area contributed by atoms with Gasteiger partial charge in [0, 0.05) is 24.2 Å². The van der Waals surface area contributed by atoms with Crippen molar-refractivity contribution in [1.29, 1.82) is 0 Å². The molecule has 1 aromatic heterocycles. The Labute approximate surface area is 79.6 Å². The molecular formula is C10H9FN2O. The van der Waals surface area contributed by atoms with Crippen LogP contribution in [-0.2, 0) is 7.05 Å². The number of hydrogen-bond donors (Lipinski definition) is 1. The molecule has 0 bridgehead atoms. The van der Waals surface area contributed by atoms with Crippen molar-refractivity contribution in [2.75, 3.05) is 5.73 Å². The first-order chi connectivity index (χ1) is 6.59. The van der Waals surface area contributed by atoms with E-state index >= 15 is 0 Å². The minimum absolute atomic E-state index is 0.236. The first-order valence-corrected chi connectivity index (χ1v) is 4.14. The molecule has 14 heavy (non-hydrogen) atoms. The number of rotatable bonds is 0. The van der Waals surface area contributed by atoms with Crippen molar-refractivity contribution in [3.63, 3.8) is 0 Å². The van der Waals surface area contributed by atoms with Gasteiger partial charge in [0.15, 0.2) is 0 Å². The van der Waals surface area contributed by atoms with E-state index in [2.05, 4.69) is 0 Å². The summed E-state index contributed by atoms with van der Waals surface area (Å²) in [6, 6.07) is 5.52. The van der Waals surface area contributed by atoms with E-state index in [9.17, 15) is 9.18 Å². The number of benzene rings is 1. The van der Waals surface area contributed by atoms with Gasteiger partial charge < -0.3 is 10.3 Å². The molecule has 0 amide bonds. The molecule has 4 heteroatoms. The van der Waals surface area contributed by atoms with Gasteiger partial charge in [0.1, 0.15) is 5.82 Å². The number of halogens is 1. The molecule has 0 unspecified atom stereocenters. The average molecular weight is 192 g/mol. The zero-order chi connectivity index (χ0) is 10.3. The van der Waals surface area contributed by atoms with E-state index in [0.29, 0.717) is 16.6 Å². The van der Waals surface area contributed by atoms with Gasteiger partial charge in [-0.25, -0.2) is 4.39 Å². The average Bonchev–Trinajstić information content (AvgIpc) is 2.14. The Hall–Kier alpha value is -1.84. The second-order valence-corrected chi connectivity index (χ2v) is 3.16. The van der Waals surface area contributed by atoms with Crippen LogP contribution in [0, 0.1) is 5.82 Å². The second kappa shape index (κ2) is 2.83. The normalized spacial score (nSPS) is 10.7. The molecule has 0 aliphatic rings. The molecule has 1 aromatic carbocycles. The van der Waals surface area contributed by atoms with Crippen molar-refractivity contribution in [3.05, 3.63) is 40.4 Å². The summed E-state index contributed by atoms with van der Waals surface area (Å²) >= 11 is 0. The Bertz CT molecular complexity index is 560. The summed E-state index contributed by atoms with van der Waals surface area (Å²) in [4.78, 5) is 11.3. The zero-order valence-corrected chi connectivity index (χ0v) is 7.62. The standard InChI is InChI=1S/C10H9FN2O/c1-13-9-4-6(11)2-3-7(9)8(12)5-10(13)14/h2-5H,12H2,1H3. The molecule has 0 aliphatic heterocycles. The van der Waals surface area contributed by atoms with Crippen molar-refractivity contribution in [1.82, 2.24) is 4.57 Å². The van der Waals surface area contributed by atoms with Gasteiger partial charge in [-0.2, -0.15) is 0 Å². The zero-order valence-electron chi connectivity index (χ0n) is 7.62. The highest BCUT2D eigenvalue weighted by Crippen LogP contribution is 2.18. The molecule has 0 radical (unpaired) electrons. The lowest BCUT2D eigenvalue weighted by atomic mass is 10.2. The van der Waals surface area contributed by atoms with Gasteiger partial charge in [0.25, 0.3) is 5.56 Å². The van der Waals surface area contributed by atoms with Crippen LogP contribution >= 0.6 is 0 Å². The van der Waals surface area contributed by atoms with Crippen molar-refractivity contribution in [2.45, 2.75) is 0 Å². The minimum atomic E-state index is -0.377. The third-order valence-corrected chi connectivity index (χ3v) is 2.24. The van der Waals surface area contributed by atoms with Gasteiger partial charge in [-0.3, -0.25) is 4.79 Å². The molecular weight excluding hydrogens is 183 g/mol. The van der Waals surface area contributed by atoms with Crippen molar-refractivity contribution in [2.24, 2.45) is 7.05 Å². The minimum Gasteiger partial charge on any atom is -0.398 e. The van der Waals surface area contributed by atoms with E-state index in [1.165, 1.54) is 22.8 Å². The molecule has 2 N–H and O–H groups in total. The van der Waals surface area contributed by atoms with Crippen molar-refractivity contribution >= 4 is 16.6 Å². The van der Waals surface area contributed by atoms with Gasteiger partial charge in [-0.05, 0) is 18.2 Å². The van der Waals surface area contributed by atoms with Crippen LogP contribution in [0.15, 0.2) is 29.1 Å². The summed E-state index contributed by atoms with van der Waals surface area (Å²) in [7, 11) is 1.59. The van der Waals surface area contributed by atoms with E-state index in [0.717, 1.165) is 0 Å². The number of fused-ring (bicyclic) bond motifs is 1. The maximum absolute atomic E-state index is 12.9. The SMILES string of the molecule is Cn1c(=O)cc(N)c2ccc(F)cc21. The number of anilines is 1. The van der Waals surface area contributed by atoms with Crippen LogP contribution in [0.1, 0.15) is 0 Å². The monoisotopic (exact) mass is 192 g/mol. The lowest BCUT2D eigenvalue weighted by Crippen LogP contribution is -2.16. The lowest BCUT2D eigenvalue weighted by Gasteiger charge is -2.06. The Balaban J connectivity index is 3.03. The van der Waals surface area contributed by atoms with Gasteiger partial charge in [-0.1, -0.05) is 0 Å². The number of nitrogens with two attached hydrogens (primary N) is 1. The highest BCUT2D eigenvalue weighted by molar-refractivity contribution is 5.90. The van der Waals surface area contributed by atoms with Crippen LogP contribution in [0.25, 0.3) is 10.9 Å². The Morgan fingerprint density at radius 2 is 2.07 bits per heavy atom. The fourth-order valence-corrected chi connectivity index (χ4v) is 1.45. The predicted octanol–water partition coefficient (Wildman–Crippen LogP) is 1.26. The Morgan fingerprint density at radius 1 is 1.36 bits per heavy atom. The summed E-state index contributed by atoms with van der Waals surface area (Å²) < 4.78 is 14.3.